The van der Waals surface area contributed by atoms with Crippen LogP contribution >= 0.6 is 0 Å². The first kappa shape index (κ1) is 13.8. The fraction of sp³-hybridized carbons (Fsp3) is 0.750. The summed E-state index contributed by atoms with van der Waals surface area (Å²) in [5.41, 5.74) is 2.63. The van der Waals surface area contributed by atoms with Crippen molar-refractivity contribution >= 4 is 5.82 Å². The van der Waals surface area contributed by atoms with Crippen LogP contribution in [0, 0.1) is 5.92 Å². The first-order valence-electron chi connectivity index (χ1n) is 8.01. The predicted molar refractivity (Wildman–Crippen MR) is 79.9 cm³/mol. The Labute approximate surface area is 121 Å². The maximum Gasteiger partial charge on any atom is 0.133 e. The van der Waals surface area contributed by atoms with Gasteiger partial charge in [0, 0.05) is 30.5 Å². The highest BCUT2D eigenvalue weighted by molar-refractivity contribution is 5.47. The molecule has 4 heteroatoms. The van der Waals surface area contributed by atoms with E-state index in [0.717, 1.165) is 44.7 Å². The summed E-state index contributed by atoms with van der Waals surface area (Å²) in [7, 11) is 0. The number of nitrogens with one attached hydrogen (secondary N) is 1. The van der Waals surface area contributed by atoms with Crippen LogP contribution in [0.3, 0.4) is 0 Å². The highest BCUT2D eigenvalue weighted by Gasteiger charge is 2.22. The lowest BCUT2D eigenvalue weighted by Crippen LogP contribution is -2.31. The van der Waals surface area contributed by atoms with Gasteiger partial charge in [0.15, 0.2) is 0 Å². The van der Waals surface area contributed by atoms with Crippen molar-refractivity contribution in [3.8, 4) is 0 Å². The van der Waals surface area contributed by atoms with E-state index in [1.807, 2.05) is 0 Å². The minimum atomic E-state index is 0.459. The molecule has 2 aliphatic rings. The van der Waals surface area contributed by atoms with Gasteiger partial charge in [-0.05, 0) is 51.4 Å². The van der Waals surface area contributed by atoms with Crippen LogP contribution in [-0.4, -0.2) is 29.2 Å². The third-order valence-corrected chi connectivity index (χ3v) is 4.71. The number of anilines is 1. The Kier molecular flexibility index (Phi) is 4.51. The minimum Gasteiger partial charge on any atom is -0.381 e. The first-order chi connectivity index (χ1) is 9.84. The summed E-state index contributed by atoms with van der Waals surface area (Å²) < 4.78 is 5.45. The monoisotopic (exact) mass is 275 g/mol. The summed E-state index contributed by atoms with van der Waals surface area (Å²) in [6, 6.07) is 0.459. The highest BCUT2D eigenvalue weighted by Crippen LogP contribution is 2.27. The predicted octanol–water partition coefficient (Wildman–Crippen LogP) is 2.97. The van der Waals surface area contributed by atoms with Crippen molar-refractivity contribution in [1.82, 2.24) is 9.97 Å². The molecule has 0 bridgehead atoms. The van der Waals surface area contributed by atoms with E-state index in [9.17, 15) is 0 Å². The van der Waals surface area contributed by atoms with Crippen LogP contribution in [0.1, 0.15) is 50.3 Å². The summed E-state index contributed by atoms with van der Waals surface area (Å²) in [6.45, 7) is 4.08. The number of hydrogen-bond donors (Lipinski definition) is 1. The van der Waals surface area contributed by atoms with Gasteiger partial charge in [0.25, 0.3) is 0 Å². The fourth-order valence-electron chi connectivity index (χ4n) is 3.37. The Hall–Kier alpha value is -1.16. The minimum absolute atomic E-state index is 0.459. The maximum atomic E-state index is 5.45. The van der Waals surface area contributed by atoms with Crippen LogP contribution in [0.25, 0.3) is 0 Å². The second-order valence-electron chi connectivity index (χ2n) is 6.09. The van der Waals surface area contributed by atoms with Gasteiger partial charge in [-0.2, -0.15) is 0 Å². The Morgan fingerprint density at radius 1 is 1.15 bits per heavy atom. The zero-order chi connectivity index (χ0) is 13.8. The molecule has 1 aromatic heterocycles. The van der Waals surface area contributed by atoms with Crippen LogP contribution in [0.5, 0.6) is 0 Å². The number of rotatable bonds is 3. The van der Waals surface area contributed by atoms with Crippen molar-refractivity contribution in [2.75, 3.05) is 18.5 Å². The van der Waals surface area contributed by atoms with Crippen molar-refractivity contribution in [1.29, 1.82) is 0 Å². The Morgan fingerprint density at radius 3 is 2.80 bits per heavy atom. The summed E-state index contributed by atoms with van der Waals surface area (Å²) >= 11 is 0. The van der Waals surface area contributed by atoms with Crippen molar-refractivity contribution in [3.05, 3.63) is 17.6 Å². The third-order valence-electron chi connectivity index (χ3n) is 4.71. The summed E-state index contributed by atoms with van der Waals surface area (Å²) in [6.07, 6.45) is 10.1. The van der Waals surface area contributed by atoms with Gasteiger partial charge in [-0.3, -0.25) is 0 Å². The quantitative estimate of drug-likeness (QED) is 0.862. The van der Waals surface area contributed by atoms with E-state index in [1.54, 1.807) is 6.33 Å². The van der Waals surface area contributed by atoms with Crippen LogP contribution < -0.4 is 5.32 Å². The fourth-order valence-corrected chi connectivity index (χ4v) is 3.37. The molecular formula is C16H25N3O. The average Bonchev–Trinajstić information content (AvgIpc) is 2.74. The van der Waals surface area contributed by atoms with Gasteiger partial charge in [-0.1, -0.05) is 6.42 Å². The molecule has 0 spiro atoms. The van der Waals surface area contributed by atoms with Crippen LogP contribution in [0.2, 0.25) is 0 Å². The maximum absolute atomic E-state index is 5.45. The van der Waals surface area contributed by atoms with E-state index in [2.05, 4.69) is 22.2 Å². The van der Waals surface area contributed by atoms with Crippen molar-refractivity contribution in [3.63, 3.8) is 0 Å². The molecule has 0 amide bonds. The van der Waals surface area contributed by atoms with Gasteiger partial charge in [0.1, 0.15) is 12.1 Å². The molecule has 3 rings (SSSR count). The number of aryl methyl sites for hydroxylation is 1. The molecule has 2 heterocycles. The molecule has 1 saturated heterocycles. The van der Waals surface area contributed by atoms with Crippen molar-refractivity contribution in [2.45, 2.75) is 57.9 Å². The van der Waals surface area contributed by atoms with Gasteiger partial charge < -0.3 is 10.1 Å². The molecule has 1 aliphatic heterocycles. The van der Waals surface area contributed by atoms with Crippen LogP contribution in [0.4, 0.5) is 5.82 Å². The second-order valence-corrected chi connectivity index (χ2v) is 6.09. The van der Waals surface area contributed by atoms with E-state index in [4.69, 9.17) is 4.74 Å². The van der Waals surface area contributed by atoms with E-state index in [1.165, 1.54) is 30.5 Å². The molecule has 0 aromatic carbocycles. The molecule has 20 heavy (non-hydrogen) atoms. The Bertz CT molecular complexity index is 443. The summed E-state index contributed by atoms with van der Waals surface area (Å²) in [4.78, 5) is 9.00. The van der Waals surface area contributed by atoms with E-state index < -0.39 is 0 Å². The molecule has 1 aromatic rings. The Balaban J connectivity index is 1.73. The van der Waals surface area contributed by atoms with Gasteiger partial charge in [0.2, 0.25) is 0 Å². The van der Waals surface area contributed by atoms with Gasteiger partial charge in [0.05, 0.1) is 0 Å². The smallest absolute Gasteiger partial charge is 0.133 e. The largest absolute Gasteiger partial charge is 0.381 e. The lowest BCUT2D eigenvalue weighted by molar-refractivity contribution is 0.0622. The number of ether oxygens (including phenoxy) is 1. The molecule has 1 N–H and O–H groups in total. The topological polar surface area (TPSA) is 47.0 Å². The number of aromatic nitrogens is 2. The van der Waals surface area contributed by atoms with Crippen molar-refractivity contribution < 1.29 is 4.74 Å². The van der Waals surface area contributed by atoms with Gasteiger partial charge in [-0.25, -0.2) is 9.97 Å². The van der Waals surface area contributed by atoms with Gasteiger partial charge >= 0.3 is 0 Å². The van der Waals surface area contributed by atoms with E-state index in [-0.39, 0.29) is 0 Å². The molecule has 1 fully saturated rings. The lowest BCUT2D eigenvalue weighted by Gasteiger charge is -2.29. The average molecular weight is 275 g/mol. The lowest BCUT2D eigenvalue weighted by atomic mass is 9.92. The molecule has 1 aliphatic carbocycles. The Morgan fingerprint density at radius 2 is 1.95 bits per heavy atom. The van der Waals surface area contributed by atoms with E-state index in [0.29, 0.717) is 12.0 Å². The normalized spacial score (nSPS) is 21.9. The summed E-state index contributed by atoms with van der Waals surface area (Å²) in [5, 5.41) is 3.66. The van der Waals surface area contributed by atoms with Gasteiger partial charge in [-0.15, -0.1) is 0 Å². The molecule has 0 radical (unpaired) electrons. The SMILES string of the molecule is CC(Nc1ncnc2c1CCCCC2)C1CCOCC1. The van der Waals surface area contributed by atoms with Crippen LogP contribution in [-0.2, 0) is 17.6 Å². The molecule has 110 valence electrons. The zero-order valence-electron chi connectivity index (χ0n) is 12.4. The molecular weight excluding hydrogens is 250 g/mol. The van der Waals surface area contributed by atoms with E-state index >= 15 is 0 Å². The molecule has 4 nitrogen and oxygen atoms in total. The zero-order valence-corrected chi connectivity index (χ0v) is 12.4. The van der Waals surface area contributed by atoms with Crippen molar-refractivity contribution in [2.24, 2.45) is 5.92 Å². The standard InChI is InChI=1S/C16H25N3O/c1-12(13-7-9-20-10-8-13)19-16-14-5-3-2-4-6-15(14)17-11-18-16/h11-13H,2-10H2,1H3,(H,17,18,19). The number of fused-ring (bicyclic) bond motifs is 1. The third kappa shape index (κ3) is 3.11. The second kappa shape index (κ2) is 6.53. The number of hydrogen-bond acceptors (Lipinski definition) is 4. The summed E-state index contributed by atoms with van der Waals surface area (Å²) in [5.74, 6) is 1.77. The van der Waals surface area contributed by atoms with Crippen LogP contribution in [0.15, 0.2) is 6.33 Å². The molecule has 1 unspecified atom stereocenters. The number of nitrogens with zero attached hydrogens (tertiary/aromatic N) is 2. The molecule has 1 atom stereocenters. The molecule has 0 saturated carbocycles. The highest BCUT2D eigenvalue weighted by atomic mass is 16.5. The first-order valence-corrected chi connectivity index (χ1v) is 8.01.